The number of ether oxygens (including phenoxy) is 1. The summed E-state index contributed by atoms with van der Waals surface area (Å²) < 4.78 is 5.07. The van der Waals surface area contributed by atoms with Crippen molar-refractivity contribution < 1.29 is 9.73 Å². The van der Waals surface area contributed by atoms with Crippen LogP contribution >= 0.6 is 11.8 Å². The summed E-state index contributed by atoms with van der Waals surface area (Å²) in [5.41, 5.74) is 6.56. The van der Waals surface area contributed by atoms with E-state index in [1.54, 1.807) is 7.11 Å². The molecule has 1 aromatic carbocycles. The van der Waals surface area contributed by atoms with Crippen molar-refractivity contribution >= 4 is 22.6 Å². The highest BCUT2D eigenvalue weighted by atomic mass is 32.2. The first-order valence-electron chi connectivity index (χ1n) is 3.83. The maximum atomic E-state index is 5.62. The predicted octanol–water partition coefficient (Wildman–Crippen LogP) is 0.0850. The molecule has 3 N–H and O–H groups in total. The molecule has 3 nitrogen and oxygen atoms in total. The predicted molar refractivity (Wildman–Crippen MR) is 56.3 cm³/mol. The van der Waals surface area contributed by atoms with E-state index in [-0.39, 0.29) is 0 Å². The normalized spacial score (nSPS) is 11.4. The smallest absolute Gasteiger partial charge is 0.306 e. The van der Waals surface area contributed by atoms with Gasteiger partial charge in [0.1, 0.15) is 11.4 Å². The first-order valence-corrected chi connectivity index (χ1v) is 5.06. The number of nitrogens with one attached hydrogen (secondary N) is 1. The Kier molecular flexibility index (Phi) is 3.64. The van der Waals surface area contributed by atoms with E-state index in [2.05, 4.69) is 4.99 Å². The topological polar surface area (TPSA) is 49.2 Å². The molecule has 0 saturated carbocycles. The first kappa shape index (κ1) is 9.92. The molecule has 0 amide bonds. The van der Waals surface area contributed by atoms with Gasteiger partial charge in [-0.2, -0.15) is 0 Å². The van der Waals surface area contributed by atoms with Crippen molar-refractivity contribution in [3.63, 3.8) is 0 Å². The molecule has 0 spiro atoms. The number of hydrogen-bond donors (Lipinski definition) is 2. The quantitative estimate of drug-likeness (QED) is 0.521. The first-order chi connectivity index (χ1) is 6.26. The van der Waals surface area contributed by atoms with Crippen LogP contribution in [0.4, 0.5) is 5.69 Å². The molecule has 0 aromatic heterocycles. The third-order valence-corrected chi connectivity index (χ3v) is 2.10. The fourth-order valence-electron chi connectivity index (χ4n) is 0.894. The van der Waals surface area contributed by atoms with Gasteiger partial charge in [-0.3, -0.25) is 5.73 Å². The van der Waals surface area contributed by atoms with Crippen LogP contribution in [0.3, 0.4) is 0 Å². The third-order valence-electron chi connectivity index (χ3n) is 1.56. The monoisotopic (exact) mass is 197 g/mol. The minimum absolute atomic E-state index is 0.674. The molecule has 0 unspecified atom stereocenters. The molecule has 0 bridgehead atoms. The highest BCUT2D eigenvalue weighted by molar-refractivity contribution is 8.12. The molecule has 1 aromatic rings. The molecule has 13 heavy (non-hydrogen) atoms. The lowest BCUT2D eigenvalue weighted by Crippen LogP contribution is -2.68. The van der Waals surface area contributed by atoms with Gasteiger partial charge in [0.2, 0.25) is 0 Å². The number of amidine groups is 1. The summed E-state index contributed by atoms with van der Waals surface area (Å²) >= 11 is 1.48. The Morgan fingerprint density at radius 2 is 2.31 bits per heavy atom. The number of methoxy groups -OCH3 is 1. The number of rotatable bonds is 2. The molecule has 70 valence electrons. The summed E-state index contributed by atoms with van der Waals surface area (Å²) in [7, 11) is 1.64. The van der Waals surface area contributed by atoms with Crippen molar-refractivity contribution in [3.05, 3.63) is 24.3 Å². The van der Waals surface area contributed by atoms with Crippen molar-refractivity contribution in [2.24, 2.45) is 5.73 Å². The molecule has 0 aliphatic carbocycles. The molecule has 4 heteroatoms. The number of benzene rings is 1. The van der Waals surface area contributed by atoms with Gasteiger partial charge in [0.25, 0.3) is 0 Å². The summed E-state index contributed by atoms with van der Waals surface area (Å²) in [6.07, 6.45) is 1.92. The Hall–Kier alpha value is -1.16. The van der Waals surface area contributed by atoms with E-state index >= 15 is 0 Å². The Morgan fingerprint density at radius 1 is 1.54 bits per heavy atom. The number of thioether (sulfide) groups is 1. The minimum atomic E-state index is 0.674. The van der Waals surface area contributed by atoms with E-state index in [0.717, 1.165) is 11.4 Å². The van der Waals surface area contributed by atoms with Crippen LogP contribution in [0.25, 0.3) is 0 Å². The van der Waals surface area contributed by atoms with Crippen molar-refractivity contribution in [2.75, 3.05) is 13.4 Å². The lowest BCUT2D eigenvalue weighted by atomic mass is 10.3. The summed E-state index contributed by atoms with van der Waals surface area (Å²) in [6, 6.07) is 7.63. The van der Waals surface area contributed by atoms with Crippen LogP contribution in [0.1, 0.15) is 0 Å². The van der Waals surface area contributed by atoms with E-state index in [4.69, 9.17) is 10.5 Å². The van der Waals surface area contributed by atoms with E-state index in [1.165, 1.54) is 11.8 Å². The molecule has 0 aliphatic rings. The van der Waals surface area contributed by atoms with Crippen LogP contribution in [0.2, 0.25) is 0 Å². The third kappa shape index (κ3) is 2.99. The molecule has 0 atom stereocenters. The van der Waals surface area contributed by atoms with Crippen molar-refractivity contribution in [1.29, 1.82) is 0 Å². The van der Waals surface area contributed by atoms with Crippen LogP contribution in [0.15, 0.2) is 24.3 Å². The number of nitrogens with two attached hydrogens (primary N) is 1. The van der Waals surface area contributed by atoms with Gasteiger partial charge in [-0.25, -0.2) is 4.99 Å². The van der Waals surface area contributed by atoms with E-state index < -0.39 is 0 Å². The van der Waals surface area contributed by atoms with Crippen LogP contribution in [0, 0.1) is 0 Å². The van der Waals surface area contributed by atoms with Crippen molar-refractivity contribution in [3.8, 4) is 5.75 Å². The second-order valence-electron chi connectivity index (χ2n) is 2.43. The summed E-state index contributed by atoms with van der Waals surface area (Å²) in [4.78, 5) is 3.04. The van der Waals surface area contributed by atoms with Gasteiger partial charge in [-0.05, 0) is 30.2 Å². The van der Waals surface area contributed by atoms with Crippen LogP contribution < -0.4 is 15.5 Å². The average Bonchev–Trinajstić information content (AvgIpc) is 2.18. The molecule has 1 rings (SSSR count). The van der Waals surface area contributed by atoms with Gasteiger partial charge in [0.05, 0.1) is 7.11 Å². The molecule has 0 fully saturated rings. The second kappa shape index (κ2) is 4.77. The largest absolute Gasteiger partial charge is 0.497 e. The fraction of sp³-hybridized carbons (Fsp3) is 0.222. The maximum Gasteiger partial charge on any atom is 0.306 e. The zero-order valence-corrected chi connectivity index (χ0v) is 8.52. The SMILES string of the molecule is COc1cccc([NH+]=C(N)SC)c1. The van der Waals surface area contributed by atoms with Gasteiger partial charge in [0, 0.05) is 6.07 Å². The minimum Gasteiger partial charge on any atom is -0.497 e. The molecule has 0 aliphatic heterocycles. The fourth-order valence-corrected chi connectivity index (χ4v) is 1.11. The Labute approximate surface area is 82.0 Å². The standard InChI is InChI=1S/C9H12N2OS/c1-12-8-5-3-4-7(6-8)11-9(10)13-2/h3-6H,1-2H3,(H2,10,11)/p+1. The maximum absolute atomic E-state index is 5.62. The molecule has 0 heterocycles. The Bertz CT molecular complexity index is 312. The molecular weight excluding hydrogens is 184 g/mol. The lowest BCUT2D eigenvalue weighted by Gasteiger charge is -1.98. The summed E-state index contributed by atoms with van der Waals surface area (Å²) in [5.74, 6) is 0.818. The van der Waals surface area contributed by atoms with E-state index in [0.29, 0.717) is 5.17 Å². The van der Waals surface area contributed by atoms with Gasteiger partial charge in [0.15, 0.2) is 0 Å². The van der Waals surface area contributed by atoms with Crippen LogP contribution in [-0.2, 0) is 0 Å². The van der Waals surface area contributed by atoms with Gasteiger partial charge in [-0.15, -0.1) is 0 Å². The summed E-state index contributed by atoms with van der Waals surface area (Å²) in [5, 5.41) is 0.674. The molecule has 0 saturated heterocycles. The highest BCUT2D eigenvalue weighted by Gasteiger charge is 1.98. The Morgan fingerprint density at radius 3 is 2.92 bits per heavy atom. The van der Waals surface area contributed by atoms with Crippen LogP contribution in [-0.4, -0.2) is 18.5 Å². The highest BCUT2D eigenvalue weighted by Crippen LogP contribution is 2.12. The number of hydrogen-bond acceptors (Lipinski definition) is 2. The lowest BCUT2D eigenvalue weighted by molar-refractivity contribution is -0.351. The van der Waals surface area contributed by atoms with E-state index in [1.807, 2.05) is 30.5 Å². The summed E-state index contributed by atoms with van der Waals surface area (Å²) in [6.45, 7) is 0. The van der Waals surface area contributed by atoms with Crippen molar-refractivity contribution in [1.82, 2.24) is 0 Å². The molecule has 0 radical (unpaired) electrons. The molecular formula is C9H13N2OS+. The van der Waals surface area contributed by atoms with Gasteiger partial charge in [-0.1, -0.05) is 6.07 Å². The van der Waals surface area contributed by atoms with Crippen LogP contribution in [0.5, 0.6) is 5.75 Å². The van der Waals surface area contributed by atoms with Gasteiger partial charge >= 0.3 is 5.17 Å². The van der Waals surface area contributed by atoms with Crippen molar-refractivity contribution in [2.45, 2.75) is 0 Å². The Balaban J connectivity index is 2.89. The zero-order chi connectivity index (χ0) is 9.68. The zero-order valence-electron chi connectivity index (χ0n) is 7.70. The average molecular weight is 197 g/mol. The second-order valence-corrected chi connectivity index (χ2v) is 3.27. The van der Waals surface area contributed by atoms with Gasteiger partial charge < -0.3 is 4.74 Å². The van der Waals surface area contributed by atoms with E-state index in [9.17, 15) is 0 Å².